The minimum atomic E-state index is -0.122. The number of nitrogens with one attached hydrogen (secondary N) is 1. The van der Waals surface area contributed by atoms with Crippen LogP contribution in [0.3, 0.4) is 0 Å². The molecule has 2 aromatic rings. The van der Waals surface area contributed by atoms with Gasteiger partial charge < -0.3 is 15.0 Å². The van der Waals surface area contributed by atoms with Crippen molar-refractivity contribution >= 4 is 11.7 Å². The van der Waals surface area contributed by atoms with Crippen molar-refractivity contribution < 1.29 is 9.53 Å². The van der Waals surface area contributed by atoms with E-state index in [1.54, 1.807) is 24.5 Å². The highest BCUT2D eigenvalue weighted by atomic mass is 16.5. The Balaban J connectivity index is 1.54. The van der Waals surface area contributed by atoms with Crippen molar-refractivity contribution in [3.63, 3.8) is 0 Å². The van der Waals surface area contributed by atoms with Crippen molar-refractivity contribution in [1.82, 2.24) is 20.5 Å². The number of fused-ring (bicyclic) bond motifs is 1. The molecule has 1 amide bonds. The van der Waals surface area contributed by atoms with Crippen LogP contribution in [0.5, 0.6) is 0 Å². The van der Waals surface area contributed by atoms with Gasteiger partial charge >= 0.3 is 0 Å². The largest absolute Gasteiger partial charge is 0.374 e. The third kappa shape index (κ3) is 3.19. The quantitative estimate of drug-likeness (QED) is 0.909. The Bertz CT molecular complexity index is 737. The van der Waals surface area contributed by atoms with E-state index in [0.717, 1.165) is 31.0 Å². The molecular weight excluding hydrogens is 318 g/mol. The van der Waals surface area contributed by atoms with Gasteiger partial charge in [-0.05, 0) is 44.0 Å². The topological polar surface area (TPSA) is 80.2 Å². The van der Waals surface area contributed by atoms with E-state index in [0.29, 0.717) is 12.1 Å². The van der Waals surface area contributed by atoms with E-state index in [2.05, 4.69) is 25.4 Å². The van der Waals surface area contributed by atoms with E-state index in [4.69, 9.17) is 4.74 Å². The summed E-state index contributed by atoms with van der Waals surface area (Å²) in [5, 5.41) is 11.6. The van der Waals surface area contributed by atoms with Gasteiger partial charge in [-0.15, -0.1) is 5.10 Å². The van der Waals surface area contributed by atoms with Crippen LogP contribution >= 0.6 is 0 Å². The van der Waals surface area contributed by atoms with Crippen LogP contribution < -0.4 is 10.2 Å². The average molecular weight is 339 g/mol. The summed E-state index contributed by atoms with van der Waals surface area (Å²) in [6.45, 7) is 3.32. The van der Waals surface area contributed by atoms with Gasteiger partial charge in [0.2, 0.25) is 0 Å². The summed E-state index contributed by atoms with van der Waals surface area (Å²) in [4.78, 5) is 18.7. The lowest BCUT2D eigenvalue weighted by molar-refractivity contribution is 0.000679. The molecule has 2 fully saturated rings. The Hall–Kier alpha value is -2.54. The van der Waals surface area contributed by atoms with Crippen LogP contribution in [-0.4, -0.2) is 52.4 Å². The molecule has 1 N–H and O–H groups in total. The summed E-state index contributed by atoms with van der Waals surface area (Å²) < 4.78 is 6.01. The highest BCUT2D eigenvalue weighted by Crippen LogP contribution is 2.32. The zero-order valence-electron chi connectivity index (χ0n) is 14.1. The molecule has 2 aliphatic heterocycles. The maximum absolute atomic E-state index is 12.5. The standard InChI is InChI=1S/C18H21N5O2/c1-12-6-7-16(22-21-12)23-11-14(17-15(23)5-3-9-25-17)20-18(24)13-4-2-8-19-10-13/h2,4,6-8,10,14-15,17H,3,5,9,11H2,1H3,(H,20,24)/t14-,15+,17+/m1/s1. The first-order chi connectivity index (χ1) is 12.2. The van der Waals surface area contributed by atoms with Gasteiger partial charge in [-0.3, -0.25) is 9.78 Å². The Morgan fingerprint density at radius 3 is 3.00 bits per heavy atom. The minimum Gasteiger partial charge on any atom is -0.374 e. The van der Waals surface area contributed by atoms with Gasteiger partial charge in [-0.1, -0.05) is 0 Å². The summed E-state index contributed by atoms with van der Waals surface area (Å²) >= 11 is 0. The molecule has 2 aromatic heterocycles. The number of rotatable bonds is 3. The van der Waals surface area contributed by atoms with Gasteiger partial charge in [0.25, 0.3) is 5.91 Å². The number of ether oxygens (including phenoxy) is 1. The Labute approximate surface area is 146 Å². The molecule has 0 aromatic carbocycles. The van der Waals surface area contributed by atoms with Gasteiger partial charge in [0.15, 0.2) is 5.82 Å². The summed E-state index contributed by atoms with van der Waals surface area (Å²) in [6, 6.07) is 7.60. The second kappa shape index (κ2) is 6.76. The van der Waals surface area contributed by atoms with E-state index < -0.39 is 0 Å². The molecule has 4 heterocycles. The number of carbonyl (C=O) groups excluding carboxylic acids is 1. The lowest BCUT2D eigenvalue weighted by Crippen LogP contribution is -2.47. The molecule has 0 radical (unpaired) electrons. The lowest BCUT2D eigenvalue weighted by atomic mass is 10.0. The number of aryl methyl sites for hydroxylation is 1. The van der Waals surface area contributed by atoms with E-state index in [-0.39, 0.29) is 24.1 Å². The van der Waals surface area contributed by atoms with E-state index in [1.807, 2.05) is 19.1 Å². The predicted molar refractivity (Wildman–Crippen MR) is 92.4 cm³/mol. The van der Waals surface area contributed by atoms with Crippen LogP contribution in [0.2, 0.25) is 0 Å². The monoisotopic (exact) mass is 339 g/mol. The number of nitrogens with zero attached hydrogens (tertiary/aromatic N) is 4. The molecular formula is C18H21N5O2. The third-order valence-corrected chi connectivity index (χ3v) is 4.84. The summed E-state index contributed by atoms with van der Waals surface area (Å²) in [5.41, 5.74) is 1.45. The Morgan fingerprint density at radius 1 is 1.32 bits per heavy atom. The first-order valence-corrected chi connectivity index (χ1v) is 8.62. The van der Waals surface area contributed by atoms with Crippen LogP contribution in [0, 0.1) is 6.92 Å². The van der Waals surface area contributed by atoms with Gasteiger partial charge in [0, 0.05) is 25.5 Å². The van der Waals surface area contributed by atoms with E-state index in [9.17, 15) is 4.79 Å². The number of hydrogen-bond donors (Lipinski definition) is 1. The second-order valence-corrected chi connectivity index (χ2v) is 6.55. The van der Waals surface area contributed by atoms with Crippen LogP contribution in [0.25, 0.3) is 0 Å². The van der Waals surface area contributed by atoms with Crippen molar-refractivity contribution in [3.05, 3.63) is 47.9 Å². The maximum Gasteiger partial charge on any atom is 0.253 e. The molecule has 7 nitrogen and oxygen atoms in total. The molecule has 0 bridgehead atoms. The Kier molecular flexibility index (Phi) is 4.31. The first kappa shape index (κ1) is 16.0. The van der Waals surface area contributed by atoms with Crippen LogP contribution in [0.1, 0.15) is 28.9 Å². The molecule has 130 valence electrons. The summed E-state index contributed by atoms with van der Waals surface area (Å²) in [6.07, 6.45) is 5.24. The highest BCUT2D eigenvalue weighted by Gasteiger charge is 2.45. The number of carbonyl (C=O) groups is 1. The van der Waals surface area contributed by atoms with Crippen molar-refractivity contribution in [3.8, 4) is 0 Å². The SMILES string of the molecule is Cc1ccc(N2C[C@@H](NC(=O)c3cccnc3)[C@@H]3OCCC[C@@H]32)nn1. The molecule has 4 rings (SSSR count). The van der Waals surface area contributed by atoms with Gasteiger partial charge in [0.1, 0.15) is 0 Å². The smallest absolute Gasteiger partial charge is 0.253 e. The molecule has 0 unspecified atom stereocenters. The fourth-order valence-corrected chi connectivity index (χ4v) is 3.64. The van der Waals surface area contributed by atoms with Crippen molar-refractivity contribution in [1.29, 1.82) is 0 Å². The zero-order chi connectivity index (χ0) is 17.2. The molecule has 2 aliphatic rings. The predicted octanol–water partition coefficient (Wildman–Crippen LogP) is 1.35. The summed E-state index contributed by atoms with van der Waals surface area (Å²) in [5.74, 6) is 0.715. The molecule has 3 atom stereocenters. The van der Waals surface area contributed by atoms with Crippen LogP contribution in [-0.2, 0) is 4.74 Å². The third-order valence-electron chi connectivity index (χ3n) is 4.84. The van der Waals surface area contributed by atoms with Crippen LogP contribution in [0.15, 0.2) is 36.7 Å². The first-order valence-electron chi connectivity index (χ1n) is 8.62. The number of anilines is 1. The molecule has 25 heavy (non-hydrogen) atoms. The fourth-order valence-electron chi connectivity index (χ4n) is 3.64. The van der Waals surface area contributed by atoms with Gasteiger partial charge in [0.05, 0.1) is 29.4 Å². The fraction of sp³-hybridized carbons (Fsp3) is 0.444. The number of hydrogen-bond acceptors (Lipinski definition) is 6. The average Bonchev–Trinajstić information content (AvgIpc) is 3.02. The lowest BCUT2D eigenvalue weighted by Gasteiger charge is -2.32. The maximum atomic E-state index is 12.5. The normalized spacial score (nSPS) is 25.5. The number of pyridine rings is 1. The highest BCUT2D eigenvalue weighted by molar-refractivity contribution is 5.94. The molecule has 2 saturated heterocycles. The molecule has 0 saturated carbocycles. The second-order valence-electron chi connectivity index (χ2n) is 6.55. The number of amides is 1. The van der Waals surface area contributed by atoms with Gasteiger partial charge in [-0.25, -0.2) is 0 Å². The number of aromatic nitrogens is 3. The molecule has 0 aliphatic carbocycles. The Morgan fingerprint density at radius 2 is 2.24 bits per heavy atom. The molecule has 7 heteroatoms. The molecule has 0 spiro atoms. The van der Waals surface area contributed by atoms with Crippen molar-refractivity contribution in [2.45, 2.75) is 38.0 Å². The van der Waals surface area contributed by atoms with E-state index >= 15 is 0 Å². The minimum absolute atomic E-state index is 0.0301. The van der Waals surface area contributed by atoms with E-state index in [1.165, 1.54) is 0 Å². The van der Waals surface area contributed by atoms with Crippen molar-refractivity contribution in [2.24, 2.45) is 0 Å². The van der Waals surface area contributed by atoms with Crippen molar-refractivity contribution in [2.75, 3.05) is 18.1 Å². The van der Waals surface area contributed by atoms with Crippen LogP contribution in [0.4, 0.5) is 5.82 Å². The zero-order valence-corrected chi connectivity index (χ0v) is 14.1. The van der Waals surface area contributed by atoms with Gasteiger partial charge in [-0.2, -0.15) is 5.10 Å². The summed E-state index contributed by atoms with van der Waals surface area (Å²) in [7, 11) is 0.